The maximum Gasteiger partial charge on any atom is 0.417 e. The van der Waals surface area contributed by atoms with Gasteiger partial charge < -0.3 is 23.9 Å². The molecule has 4 rings (SSSR count). The smallest absolute Gasteiger partial charge is 0.417 e. The van der Waals surface area contributed by atoms with Crippen molar-refractivity contribution in [1.29, 1.82) is 0 Å². The molecular weight excluding hydrogens is 467 g/mol. The van der Waals surface area contributed by atoms with Gasteiger partial charge in [0, 0.05) is 18.3 Å². The maximum absolute atomic E-state index is 13.4. The van der Waals surface area contributed by atoms with Crippen LogP contribution in [0.5, 0.6) is 17.2 Å². The highest BCUT2D eigenvalue weighted by Gasteiger charge is 2.34. The fourth-order valence-corrected chi connectivity index (χ4v) is 3.44. The van der Waals surface area contributed by atoms with Crippen molar-refractivity contribution in [2.45, 2.75) is 25.7 Å². The van der Waals surface area contributed by atoms with Crippen LogP contribution in [-0.4, -0.2) is 34.3 Å². The molecule has 0 unspecified atom stereocenters. The van der Waals surface area contributed by atoms with Crippen LogP contribution in [0.2, 0.25) is 0 Å². The van der Waals surface area contributed by atoms with Crippen LogP contribution < -0.4 is 14.2 Å². The van der Waals surface area contributed by atoms with Gasteiger partial charge in [0.05, 0.1) is 11.3 Å². The highest BCUT2D eigenvalue weighted by molar-refractivity contribution is 6.08. The molecule has 2 aromatic carbocycles. The lowest BCUT2D eigenvalue weighted by Gasteiger charge is -2.10. The van der Waals surface area contributed by atoms with Gasteiger partial charge >= 0.3 is 12.1 Å². The number of ether oxygens (including phenoxy) is 3. The zero-order valence-corrected chi connectivity index (χ0v) is 18.4. The van der Waals surface area contributed by atoms with E-state index in [2.05, 4.69) is 0 Å². The molecule has 0 spiro atoms. The van der Waals surface area contributed by atoms with Crippen molar-refractivity contribution in [3.8, 4) is 17.2 Å². The van der Waals surface area contributed by atoms with E-state index in [1.807, 2.05) is 0 Å². The molecule has 0 bridgehead atoms. The normalized spacial score (nSPS) is 13.7. The Hall–Kier alpha value is -4.21. The fraction of sp³-hybridized carbons (Fsp3) is 0.200. The highest BCUT2D eigenvalue weighted by atomic mass is 19.4. The Kier molecular flexibility index (Phi) is 6.54. The summed E-state index contributed by atoms with van der Waals surface area (Å²) in [6.07, 6.45) is -1.54. The second-order valence-corrected chi connectivity index (χ2v) is 7.73. The van der Waals surface area contributed by atoms with Crippen LogP contribution in [0.25, 0.3) is 6.08 Å². The third-order valence-corrected chi connectivity index (χ3v) is 5.22. The first-order valence-electron chi connectivity index (χ1n) is 10.5. The number of carboxylic acids is 1. The van der Waals surface area contributed by atoms with Crippen LogP contribution in [0.3, 0.4) is 0 Å². The van der Waals surface area contributed by atoms with E-state index in [4.69, 9.17) is 19.3 Å². The van der Waals surface area contributed by atoms with E-state index in [0.717, 1.165) is 12.3 Å². The lowest BCUT2D eigenvalue weighted by Crippen LogP contribution is -2.22. The van der Waals surface area contributed by atoms with E-state index in [-0.39, 0.29) is 24.6 Å². The first-order valence-corrected chi connectivity index (χ1v) is 10.5. The Morgan fingerprint density at radius 1 is 1.14 bits per heavy atom. The van der Waals surface area contributed by atoms with E-state index in [0.29, 0.717) is 22.8 Å². The first-order chi connectivity index (χ1) is 16.6. The Morgan fingerprint density at radius 3 is 2.66 bits per heavy atom. The molecule has 0 saturated heterocycles. The van der Waals surface area contributed by atoms with Gasteiger partial charge in [-0.05, 0) is 48.9 Å². The van der Waals surface area contributed by atoms with Gasteiger partial charge in [-0.3, -0.25) is 4.79 Å². The number of carbonyl (C=O) groups is 2. The summed E-state index contributed by atoms with van der Waals surface area (Å²) in [7, 11) is 0. The summed E-state index contributed by atoms with van der Waals surface area (Å²) in [4.78, 5) is 24.0. The third-order valence-electron chi connectivity index (χ3n) is 5.22. The van der Waals surface area contributed by atoms with Gasteiger partial charge in [0.2, 0.25) is 12.6 Å². The Bertz CT molecular complexity index is 1290. The number of fused-ring (bicyclic) bond motifs is 1. The highest BCUT2D eigenvalue weighted by Crippen LogP contribution is 2.35. The van der Waals surface area contributed by atoms with Gasteiger partial charge in [-0.1, -0.05) is 24.3 Å². The Morgan fingerprint density at radius 2 is 1.91 bits per heavy atom. The van der Waals surface area contributed by atoms with Crippen LogP contribution in [0.4, 0.5) is 13.2 Å². The molecule has 2 heterocycles. The van der Waals surface area contributed by atoms with Crippen molar-refractivity contribution in [3.05, 3.63) is 83.2 Å². The zero-order chi connectivity index (χ0) is 25.2. The molecule has 35 heavy (non-hydrogen) atoms. The Labute approximate surface area is 198 Å². The summed E-state index contributed by atoms with van der Waals surface area (Å²) < 4.78 is 57.2. The van der Waals surface area contributed by atoms with Crippen molar-refractivity contribution in [2.24, 2.45) is 0 Å². The van der Waals surface area contributed by atoms with E-state index < -0.39 is 29.6 Å². The largest absolute Gasteiger partial charge is 0.479 e. The summed E-state index contributed by atoms with van der Waals surface area (Å²) in [5.41, 5.74) is -0.253. The molecule has 0 fully saturated rings. The molecule has 0 saturated carbocycles. The van der Waals surface area contributed by atoms with E-state index in [9.17, 15) is 22.8 Å². The number of nitrogens with zero attached hydrogens (tertiary/aromatic N) is 1. The van der Waals surface area contributed by atoms with Gasteiger partial charge in [-0.15, -0.1) is 0 Å². The lowest BCUT2D eigenvalue weighted by molar-refractivity contribution is -0.144. The molecule has 10 heteroatoms. The summed E-state index contributed by atoms with van der Waals surface area (Å²) in [5.74, 6) is -0.561. The topological polar surface area (TPSA) is 87.0 Å². The number of hydrogen-bond donors (Lipinski definition) is 1. The monoisotopic (exact) mass is 487 g/mol. The van der Waals surface area contributed by atoms with Crippen molar-refractivity contribution in [2.75, 3.05) is 6.79 Å². The predicted octanol–water partition coefficient (Wildman–Crippen LogP) is 5.03. The van der Waals surface area contributed by atoms with Crippen molar-refractivity contribution >= 4 is 17.8 Å². The number of allylic oxidation sites excluding steroid dienone is 1. The molecule has 0 radical (unpaired) electrons. The molecule has 1 atom stereocenters. The lowest BCUT2D eigenvalue weighted by atomic mass is 10.1. The van der Waals surface area contributed by atoms with E-state index >= 15 is 0 Å². The average Bonchev–Trinajstić information content (AvgIpc) is 3.45. The number of rotatable bonds is 8. The van der Waals surface area contributed by atoms with Gasteiger partial charge in [-0.2, -0.15) is 13.2 Å². The molecule has 182 valence electrons. The van der Waals surface area contributed by atoms with Crippen LogP contribution in [0.15, 0.2) is 60.8 Å². The average molecular weight is 487 g/mol. The zero-order valence-electron chi connectivity index (χ0n) is 18.4. The fourth-order valence-electron chi connectivity index (χ4n) is 3.44. The van der Waals surface area contributed by atoms with Crippen LogP contribution in [0, 0.1) is 0 Å². The van der Waals surface area contributed by atoms with Gasteiger partial charge in [0.15, 0.2) is 17.6 Å². The number of ketones is 1. The summed E-state index contributed by atoms with van der Waals surface area (Å²) >= 11 is 0. The van der Waals surface area contributed by atoms with Crippen molar-refractivity contribution in [1.82, 2.24) is 4.57 Å². The number of hydrogen-bond acceptors (Lipinski definition) is 5. The first kappa shape index (κ1) is 23.9. The number of aliphatic carboxylic acids is 1. The number of aromatic nitrogens is 1. The summed E-state index contributed by atoms with van der Waals surface area (Å²) in [5, 5.41) is 8.98. The van der Waals surface area contributed by atoms with E-state index in [1.54, 1.807) is 36.4 Å². The maximum atomic E-state index is 13.4. The SMILES string of the molecule is C[C@H](Oc1cccc(/C=C/Cn2cc(C(F)(F)F)cc2C(=O)c2ccc3c(c2)OCO3)c1)C(=O)O. The van der Waals surface area contributed by atoms with Gasteiger partial charge in [0.1, 0.15) is 5.75 Å². The standard InChI is InChI=1S/C25H20F3NO6/c1-15(24(31)32)35-19-6-2-4-16(10-19)5-3-9-29-13-18(25(26,27)28)12-20(29)23(30)17-7-8-21-22(11-17)34-14-33-21/h2-8,10-13,15H,9,14H2,1H3,(H,31,32)/b5-3+/t15-/m0/s1. The van der Waals surface area contributed by atoms with Crippen molar-refractivity contribution in [3.63, 3.8) is 0 Å². The second-order valence-electron chi connectivity index (χ2n) is 7.73. The number of alkyl halides is 3. The van der Waals surface area contributed by atoms with Gasteiger partial charge in [-0.25, -0.2) is 4.79 Å². The minimum Gasteiger partial charge on any atom is -0.479 e. The molecule has 1 aliphatic rings. The molecule has 0 amide bonds. The third kappa shape index (κ3) is 5.48. The molecule has 3 aromatic rings. The summed E-state index contributed by atoms with van der Waals surface area (Å²) in [6, 6.07) is 11.9. The number of carboxylic acid groups (broad SMARTS) is 1. The number of halogens is 3. The minimum atomic E-state index is -4.62. The van der Waals surface area contributed by atoms with E-state index in [1.165, 1.54) is 29.7 Å². The molecular formula is C25H20F3NO6. The van der Waals surface area contributed by atoms with Crippen LogP contribution >= 0.6 is 0 Å². The molecule has 0 aliphatic carbocycles. The molecule has 1 aliphatic heterocycles. The molecule has 1 N–H and O–H groups in total. The van der Waals surface area contributed by atoms with Gasteiger partial charge in [0.25, 0.3) is 0 Å². The second kappa shape index (κ2) is 9.57. The quantitative estimate of drug-likeness (QED) is 0.449. The minimum absolute atomic E-state index is 0.00777. The predicted molar refractivity (Wildman–Crippen MR) is 119 cm³/mol. The molecule has 7 nitrogen and oxygen atoms in total. The van der Waals surface area contributed by atoms with Crippen LogP contribution in [0.1, 0.15) is 34.1 Å². The number of carbonyl (C=O) groups excluding carboxylic acids is 1. The van der Waals surface area contributed by atoms with Crippen molar-refractivity contribution < 1.29 is 42.1 Å². The molecule has 1 aromatic heterocycles. The summed E-state index contributed by atoms with van der Waals surface area (Å²) in [6.45, 7) is 1.39. The van der Waals surface area contributed by atoms with Crippen LogP contribution in [-0.2, 0) is 17.5 Å². The Balaban J connectivity index is 1.57. The number of benzene rings is 2.